The lowest BCUT2D eigenvalue weighted by molar-refractivity contribution is 0.843. The quantitative estimate of drug-likeness (QED) is 0.753. The van der Waals surface area contributed by atoms with Crippen LogP contribution in [-0.2, 0) is 0 Å². The first kappa shape index (κ1) is 10.1. The molecule has 0 bridgehead atoms. The topological polar surface area (TPSA) is 55.0 Å². The van der Waals surface area contributed by atoms with Crippen LogP contribution in [0.5, 0.6) is 0 Å². The van der Waals surface area contributed by atoms with Gasteiger partial charge in [-0.1, -0.05) is 11.6 Å². The summed E-state index contributed by atoms with van der Waals surface area (Å²) in [5.74, 6) is 0.713. The lowest BCUT2D eigenvalue weighted by Crippen LogP contribution is -2.24. The van der Waals surface area contributed by atoms with E-state index in [-0.39, 0.29) is 0 Å². The van der Waals surface area contributed by atoms with Crippen molar-refractivity contribution in [3.63, 3.8) is 0 Å². The molecule has 5 heteroatoms. The lowest BCUT2D eigenvalue weighted by Gasteiger charge is -2.20. The van der Waals surface area contributed by atoms with Crippen LogP contribution in [0.1, 0.15) is 13.8 Å². The summed E-state index contributed by atoms with van der Waals surface area (Å²) in [6, 6.07) is 0. The zero-order chi connectivity index (χ0) is 9.84. The number of aromatic nitrogens is 2. The molecule has 0 atom stereocenters. The summed E-state index contributed by atoms with van der Waals surface area (Å²) in [4.78, 5) is 9.91. The second-order valence-corrected chi connectivity index (χ2v) is 2.93. The predicted molar refractivity (Wildman–Crippen MR) is 55.0 cm³/mol. The van der Waals surface area contributed by atoms with Gasteiger partial charge in [-0.3, -0.25) is 0 Å². The average Bonchev–Trinajstić information content (AvgIpc) is 2.14. The third-order valence-electron chi connectivity index (χ3n) is 1.88. The number of nitrogens with two attached hydrogens (primary N) is 1. The van der Waals surface area contributed by atoms with Crippen LogP contribution in [0.25, 0.3) is 0 Å². The molecule has 0 spiro atoms. The number of halogens is 1. The minimum Gasteiger partial charge on any atom is -0.393 e. The molecular weight excluding hydrogens is 188 g/mol. The number of rotatable bonds is 3. The molecule has 0 aliphatic heterocycles. The molecule has 1 aromatic rings. The molecule has 1 heterocycles. The highest BCUT2D eigenvalue weighted by molar-refractivity contribution is 6.32. The largest absolute Gasteiger partial charge is 0.393 e. The highest BCUT2D eigenvalue weighted by atomic mass is 35.5. The standard InChI is InChI=1S/C8H13ClN4/c1-3-13(4-2)8-6(10)7(9)11-5-12-8/h5H,3-4,10H2,1-2H3. The van der Waals surface area contributed by atoms with Gasteiger partial charge in [-0.05, 0) is 13.8 Å². The Labute approximate surface area is 82.7 Å². The highest BCUT2D eigenvalue weighted by Gasteiger charge is 2.10. The molecule has 72 valence electrons. The Morgan fingerprint density at radius 2 is 2.00 bits per heavy atom. The van der Waals surface area contributed by atoms with Crippen LogP contribution in [0.15, 0.2) is 6.33 Å². The number of nitrogen functional groups attached to an aromatic ring is 1. The average molecular weight is 201 g/mol. The van der Waals surface area contributed by atoms with Crippen LogP contribution in [0.2, 0.25) is 5.15 Å². The van der Waals surface area contributed by atoms with Crippen LogP contribution in [-0.4, -0.2) is 23.1 Å². The molecule has 0 amide bonds. The molecule has 1 aromatic heterocycles. The highest BCUT2D eigenvalue weighted by Crippen LogP contribution is 2.24. The fourth-order valence-electron chi connectivity index (χ4n) is 1.14. The van der Waals surface area contributed by atoms with Crippen molar-refractivity contribution in [3.8, 4) is 0 Å². The van der Waals surface area contributed by atoms with Crippen LogP contribution in [0.4, 0.5) is 11.5 Å². The van der Waals surface area contributed by atoms with Gasteiger partial charge in [0, 0.05) is 13.1 Å². The zero-order valence-corrected chi connectivity index (χ0v) is 8.54. The molecule has 0 aliphatic carbocycles. The zero-order valence-electron chi connectivity index (χ0n) is 7.79. The van der Waals surface area contributed by atoms with Crippen molar-refractivity contribution in [1.29, 1.82) is 0 Å². The van der Waals surface area contributed by atoms with E-state index in [0.29, 0.717) is 16.7 Å². The molecule has 0 saturated carbocycles. The van der Waals surface area contributed by atoms with Crippen LogP contribution in [0, 0.1) is 0 Å². The Morgan fingerprint density at radius 1 is 1.38 bits per heavy atom. The van der Waals surface area contributed by atoms with Gasteiger partial charge in [-0.2, -0.15) is 0 Å². The van der Waals surface area contributed by atoms with Crippen molar-refractivity contribution in [2.45, 2.75) is 13.8 Å². The van der Waals surface area contributed by atoms with E-state index in [9.17, 15) is 0 Å². The van der Waals surface area contributed by atoms with E-state index in [1.54, 1.807) is 0 Å². The minimum atomic E-state index is 0.317. The first-order valence-corrected chi connectivity index (χ1v) is 4.59. The molecular formula is C8H13ClN4. The summed E-state index contributed by atoms with van der Waals surface area (Å²) in [5.41, 5.74) is 6.19. The normalized spacial score (nSPS) is 10.1. The van der Waals surface area contributed by atoms with E-state index >= 15 is 0 Å². The third-order valence-corrected chi connectivity index (χ3v) is 2.18. The first-order valence-electron chi connectivity index (χ1n) is 4.21. The monoisotopic (exact) mass is 200 g/mol. The summed E-state index contributed by atoms with van der Waals surface area (Å²) in [7, 11) is 0. The van der Waals surface area contributed by atoms with Gasteiger partial charge >= 0.3 is 0 Å². The number of hydrogen-bond acceptors (Lipinski definition) is 4. The molecule has 4 nitrogen and oxygen atoms in total. The molecule has 0 saturated heterocycles. The summed E-state index contributed by atoms with van der Waals surface area (Å²) in [5, 5.41) is 0.317. The van der Waals surface area contributed by atoms with Gasteiger partial charge in [0.2, 0.25) is 0 Å². The summed E-state index contributed by atoms with van der Waals surface area (Å²) < 4.78 is 0. The Balaban J connectivity index is 3.05. The molecule has 0 radical (unpaired) electrons. The van der Waals surface area contributed by atoms with Crippen molar-refractivity contribution in [2.24, 2.45) is 0 Å². The lowest BCUT2D eigenvalue weighted by atomic mass is 10.4. The van der Waals surface area contributed by atoms with E-state index in [2.05, 4.69) is 9.97 Å². The Kier molecular flexibility index (Phi) is 3.31. The third kappa shape index (κ3) is 2.01. The second kappa shape index (κ2) is 4.28. The number of hydrogen-bond donors (Lipinski definition) is 1. The minimum absolute atomic E-state index is 0.317. The fourth-order valence-corrected chi connectivity index (χ4v) is 1.27. The maximum atomic E-state index is 5.77. The smallest absolute Gasteiger partial charge is 0.157 e. The molecule has 2 N–H and O–H groups in total. The second-order valence-electron chi connectivity index (χ2n) is 2.57. The SMILES string of the molecule is CCN(CC)c1ncnc(Cl)c1N. The van der Waals surface area contributed by atoms with Crippen molar-refractivity contribution in [1.82, 2.24) is 9.97 Å². The molecule has 0 aromatic carbocycles. The summed E-state index contributed by atoms with van der Waals surface area (Å²) in [6.45, 7) is 5.79. The maximum absolute atomic E-state index is 5.77. The van der Waals surface area contributed by atoms with Gasteiger partial charge < -0.3 is 10.6 Å². The summed E-state index contributed by atoms with van der Waals surface area (Å²) >= 11 is 5.77. The molecule has 1 rings (SSSR count). The number of anilines is 2. The van der Waals surface area contributed by atoms with Crippen LogP contribution >= 0.6 is 11.6 Å². The van der Waals surface area contributed by atoms with Crippen LogP contribution in [0.3, 0.4) is 0 Å². The van der Waals surface area contributed by atoms with E-state index in [4.69, 9.17) is 17.3 Å². The molecule has 0 unspecified atom stereocenters. The van der Waals surface area contributed by atoms with Crippen LogP contribution < -0.4 is 10.6 Å². The fraction of sp³-hybridized carbons (Fsp3) is 0.500. The van der Waals surface area contributed by atoms with Gasteiger partial charge in [0.15, 0.2) is 11.0 Å². The van der Waals surface area contributed by atoms with E-state index in [1.807, 2.05) is 18.7 Å². The predicted octanol–water partition coefficient (Wildman–Crippen LogP) is 1.56. The summed E-state index contributed by atoms with van der Waals surface area (Å²) in [6.07, 6.45) is 1.42. The van der Waals surface area contributed by atoms with Crippen molar-refractivity contribution in [2.75, 3.05) is 23.7 Å². The van der Waals surface area contributed by atoms with Gasteiger partial charge in [-0.15, -0.1) is 0 Å². The Bertz CT molecular complexity index is 285. The van der Waals surface area contributed by atoms with E-state index in [1.165, 1.54) is 6.33 Å². The Hall–Kier alpha value is -1.03. The first-order chi connectivity index (χ1) is 6.20. The van der Waals surface area contributed by atoms with Crippen molar-refractivity contribution >= 4 is 23.1 Å². The van der Waals surface area contributed by atoms with E-state index < -0.39 is 0 Å². The molecule has 0 aliphatic rings. The molecule has 13 heavy (non-hydrogen) atoms. The molecule has 0 fully saturated rings. The van der Waals surface area contributed by atoms with E-state index in [0.717, 1.165) is 13.1 Å². The van der Waals surface area contributed by atoms with Gasteiger partial charge in [0.05, 0.1) is 0 Å². The van der Waals surface area contributed by atoms with Crippen molar-refractivity contribution in [3.05, 3.63) is 11.5 Å². The maximum Gasteiger partial charge on any atom is 0.157 e. The van der Waals surface area contributed by atoms with Crippen molar-refractivity contribution < 1.29 is 0 Å². The van der Waals surface area contributed by atoms with Gasteiger partial charge in [0.25, 0.3) is 0 Å². The number of nitrogens with zero attached hydrogens (tertiary/aromatic N) is 3. The van der Waals surface area contributed by atoms with Gasteiger partial charge in [-0.25, -0.2) is 9.97 Å². The Morgan fingerprint density at radius 3 is 2.54 bits per heavy atom. The van der Waals surface area contributed by atoms with Gasteiger partial charge in [0.1, 0.15) is 12.0 Å².